The Morgan fingerprint density at radius 1 is 1.14 bits per heavy atom. The van der Waals surface area contributed by atoms with Gasteiger partial charge in [-0.05, 0) is 12.1 Å². The van der Waals surface area contributed by atoms with Crippen LogP contribution in [0, 0.1) is 0 Å². The number of carbonyl (C=O) groups is 3. The van der Waals surface area contributed by atoms with Gasteiger partial charge in [0.2, 0.25) is 11.8 Å². The lowest BCUT2D eigenvalue weighted by atomic mass is 10.3. The van der Waals surface area contributed by atoms with Crippen LogP contribution >= 0.6 is 22.9 Å². The van der Waals surface area contributed by atoms with E-state index in [1.165, 1.54) is 18.3 Å². The third-order valence-electron chi connectivity index (χ3n) is 4.33. The minimum Gasteiger partial charge on any atom is -0.342 e. The van der Waals surface area contributed by atoms with Crippen molar-refractivity contribution in [2.75, 3.05) is 38.0 Å². The second kappa shape index (κ2) is 9.03. The molecule has 2 N–H and O–H groups in total. The number of aromatic nitrogens is 1. The highest BCUT2D eigenvalue weighted by molar-refractivity contribution is 7.14. The molecular formula is C18H20ClN5O3S. The zero-order chi connectivity index (χ0) is 20.1. The van der Waals surface area contributed by atoms with Crippen LogP contribution in [0.5, 0.6) is 0 Å². The molecule has 8 nitrogen and oxygen atoms in total. The smallest absolute Gasteiger partial charge is 0.271 e. The number of carbonyl (C=O) groups excluding carboxylic acids is 3. The van der Waals surface area contributed by atoms with E-state index in [1.54, 1.807) is 21.2 Å². The second-order valence-electron chi connectivity index (χ2n) is 6.21. The number of halogens is 1. The zero-order valence-corrected chi connectivity index (χ0v) is 16.8. The van der Waals surface area contributed by atoms with E-state index >= 15 is 0 Å². The standard InChI is InChI=1S/C18H20ClN5O3S/c1-12(25)23-6-8-24(9-7-23)16(26)10-20-17(27)15-11-28-18(22-15)21-14-5-3-2-4-13(14)19/h2-5,11H,6-10H2,1H3,(H,20,27)(H,21,22). The van der Waals surface area contributed by atoms with Crippen LogP contribution in [-0.2, 0) is 9.59 Å². The molecule has 2 aromatic rings. The summed E-state index contributed by atoms with van der Waals surface area (Å²) < 4.78 is 0. The third kappa shape index (κ3) is 4.99. The van der Waals surface area contributed by atoms with Gasteiger partial charge in [0.1, 0.15) is 5.69 Å². The van der Waals surface area contributed by atoms with Gasteiger partial charge >= 0.3 is 0 Å². The molecule has 0 spiro atoms. The molecule has 0 radical (unpaired) electrons. The van der Waals surface area contributed by atoms with Gasteiger partial charge in [-0.15, -0.1) is 11.3 Å². The van der Waals surface area contributed by atoms with Crippen LogP contribution in [0.1, 0.15) is 17.4 Å². The van der Waals surface area contributed by atoms with Crippen molar-refractivity contribution in [2.45, 2.75) is 6.92 Å². The molecule has 28 heavy (non-hydrogen) atoms. The highest BCUT2D eigenvalue weighted by Gasteiger charge is 2.23. The predicted octanol–water partition coefficient (Wildman–Crippen LogP) is 1.96. The molecule has 148 valence electrons. The summed E-state index contributed by atoms with van der Waals surface area (Å²) in [5.41, 5.74) is 0.930. The summed E-state index contributed by atoms with van der Waals surface area (Å²) >= 11 is 7.37. The van der Waals surface area contributed by atoms with E-state index in [9.17, 15) is 14.4 Å². The summed E-state index contributed by atoms with van der Waals surface area (Å²) in [7, 11) is 0. The molecular weight excluding hydrogens is 402 g/mol. The van der Waals surface area contributed by atoms with Gasteiger partial charge in [-0.2, -0.15) is 0 Å². The summed E-state index contributed by atoms with van der Waals surface area (Å²) in [6.45, 7) is 3.37. The van der Waals surface area contributed by atoms with Crippen molar-refractivity contribution in [3.05, 3.63) is 40.4 Å². The fourth-order valence-corrected chi connectivity index (χ4v) is 3.63. The summed E-state index contributed by atoms with van der Waals surface area (Å²) in [6.07, 6.45) is 0. The Hall–Kier alpha value is -2.65. The quantitative estimate of drug-likeness (QED) is 0.769. The fraction of sp³-hybridized carbons (Fsp3) is 0.333. The molecule has 2 heterocycles. The number of amides is 3. The largest absolute Gasteiger partial charge is 0.342 e. The summed E-state index contributed by atoms with van der Waals surface area (Å²) in [5, 5.41) is 8.37. The van der Waals surface area contributed by atoms with E-state index in [0.717, 1.165) is 0 Å². The van der Waals surface area contributed by atoms with Gasteiger partial charge in [0.15, 0.2) is 5.13 Å². The number of thiazole rings is 1. The number of nitrogens with zero attached hydrogens (tertiary/aromatic N) is 3. The maximum absolute atomic E-state index is 12.3. The summed E-state index contributed by atoms with van der Waals surface area (Å²) in [6, 6.07) is 7.24. The topological polar surface area (TPSA) is 94.6 Å². The van der Waals surface area contributed by atoms with Gasteiger partial charge in [-0.1, -0.05) is 23.7 Å². The number of rotatable bonds is 5. The first-order valence-corrected chi connectivity index (χ1v) is 9.98. The van der Waals surface area contributed by atoms with Crippen LogP contribution in [0.3, 0.4) is 0 Å². The number of anilines is 2. The van der Waals surface area contributed by atoms with Gasteiger partial charge in [0.25, 0.3) is 5.91 Å². The van der Waals surface area contributed by atoms with Crippen LogP contribution in [0.2, 0.25) is 5.02 Å². The van der Waals surface area contributed by atoms with Crippen molar-refractivity contribution in [1.29, 1.82) is 0 Å². The number of hydrogen-bond acceptors (Lipinski definition) is 6. The molecule has 0 bridgehead atoms. The molecule has 1 saturated heterocycles. The van der Waals surface area contributed by atoms with E-state index in [-0.39, 0.29) is 24.1 Å². The molecule has 10 heteroatoms. The molecule has 1 aromatic carbocycles. The minimum atomic E-state index is -0.417. The van der Waals surface area contributed by atoms with Gasteiger partial charge in [-0.3, -0.25) is 14.4 Å². The lowest BCUT2D eigenvalue weighted by Crippen LogP contribution is -2.52. The SMILES string of the molecule is CC(=O)N1CCN(C(=O)CNC(=O)c2csc(Nc3ccccc3Cl)n2)CC1. The van der Waals surface area contributed by atoms with Crippen LogP contribution in [0.25, 0.3) is 0 Å². The Morgan fingerprint density at radius 3 is 2.50 bits per heavy atom. The van der Waals surface area contributed by atoms with Crippen molar-refractivity contribution in [2.24, 2.45) is 0 Å². The lowest BCUT2D eigenvalue weighted by molar-refractivity contribution is -0.137. The number of hydrogen-bond donors (Lipinski definition) is 2. The Labute approximate surface area is 171 Å². The van der Waals surface area contributed by atoms with E-state index in [0.29, 0.717) is 42.0 Å². The van der Waals surface area contributed by atoms with E-state index in [2.05, 4.69) is 15.6 Å². The first-order chi connectivity index (χ1) is 13.4. The van der Waals surface area contributed by atoms with Crippen LogP contribution in [0.4, 0.5) is 10.8 Å². The normalized spacial score (nSPS) is 13.9. The Kier molecular flexibility index (Phi) is 6.48. The molecule has 1 fully saturated rings. The van der Waals surface area contributed by atoms with Crippen molar-refractivity contribution >= 4 is 51.5 Å². The van der Waals surface area contributed by atoms with E-state index in [4.69, 9.17) is 11.6 Å². The van der Waals surface area contributed by atoms with Crippen molar-refractivity contribution in [3.8, 4) is 0 Å². The van der Waals surface area contributed by atoms with Crippen molar-refractivity contribution in [3.63, 3.8) is 0 Å². The fourth-order valence-electron chi connectivity index (χ4n) is 2.74. The summed E-state index contributed by atoms with van der Waals surface area (Å²) in [5.74, 6) is -0.592. The molecule has 3 amide bonds. The van der Waals surface area contributed by atoms with E-state index in [1.807, 2.05) is 18.2 Å². The second-order valence-corrected chi connectivity index (χ2v) is 7.48. The monoisotopic (exact) mass is 421 g/mol. The van der Waals surface area contributed by atoms with Gasteiger partial charge in [-0.25, -0.2) is 4.98 Å². The Balaban J connectivity index is 1.49. The first-order valence-electron chi connectivity index (χ1n) is 8.72. The molecule has 0 saturated carbocycles. The molecule has 1 aliphatic rings. The molecule has 0 unspecified atom stereocenters. The predicted molar refractivity (Wildman–Crippen MR) is 108 cm³/mol. The van der Waals surface area contributed by atoms with E-state index < -0.39 is 5.91 Å². The maximum atomic E-state index is 12.3. The molecule has 0 aliphatic carbocycles. The molecule has 0 atom stereocenters. The number of nitrogens with one attached hydrogen (secondary N) is 2. The third-order valence-corrected chi connectivity index (χ3v) is 5.42. The average Bonchev–Trinajstić information content (AvgIpc) is 3.16. The molecule has 1 aromatic heterocycles. The highest BCUT2D eigenvalue weighted by atomic mass is 35.5. The Morgan fingerprint density at radius 2 is 1.82 bits per heavy atom. The van der Waals surface area contributed by atoms with Gasteiger partial charge in [0.05, 0.1) is 17.3 Å². The van der Waals surface area contributed by atoms with Gasteiger partial charge in [0, 0.05) is 38.5 Å². The minimum absolute atomic E-state index is 0.00476. The molecule has 1 aliphatic heterocycles. The Bertz CT molecular complexity index is 880. The number of para-hydroxylation sites is 1. The first kappa shape index (κ1) is 20.1. The van der Waals surface area contributed by atoms with Crippen LogP contribution in [-0.4, -0.2) is 65.2 Å². The van der Waals surface area contributed by atoms with Gasteiger partial charge < -0.3 is 20.4 Å². The average molecular weight is 422 g/mol. The van der Waals surface area contributed by atoms with Crippen LogP contribution in [0.15, 0.2) is 29.6 Å². The number of piperazine rings is 1. The van der Waals surface area contributed by atoms with Crippen LogP contribution < -0.4 is 10.6 Å². The summed E-state index contributed by atoms with van der Waals surface area (Å²) in [4.78, 5) is 43.4. The molecule has 3 rings (SSSR count). The highest BCUT2D eigenvalue weighted by Crippen LogP contribution is 2.26. The number of benzene rings is 1. The lowest BCUT2D eigenvalue weighted by Gasteiger charge is -2.34. The van der Waals surface area contributed by atoms with Crippen molar-refractivity contribution in [1.82, 2.24) is 20.1 Å². The maximum Gasteiger partial charge on any atom is 0.271 e. The zero-order valence-electron chi connectivity index (χ0n) is 15.3. The van der Waals surface area contributed by atoms with Crippen molar-refractivity contribution < 1.29 is 14.4 Å².